The van der Waals surface area contributed by atoms with Crippen LogP contribution in [0.4, 0.5) is 10.8 Å². The third-order valence-corrected chi connectivity index (χ3v) is 4.84. The van der Waals surface area contributed by atoms with Gasteiger partial charge in [0, 0.05) is 24.4 Å². The van der Waals surface area contributed by atoms with E-state index in [1.165, 1.54) is 11.5 Å². The lowest BCUT2D eigenvalue weighted by Gasteiger charge is -2.07. The highest BCUT2D eigenvalue weighted by atomic mass is 32.1. The van der Waals surface area contributed by atoms with E-state index in [2.05, 4.69) is 20.0 Å². The summed E-state index contributed by atoms with van der Waals surface area (Å²) >= 11 is 2.91. The SMILES string of the molecule is Cc1nc(-c2c(N)nsc2NCCNC(=O)C2CC2)cs1. The first-order chi connectivity index (χ1) is 10.1. The molecule has 0 aliphatic heterocycles. The molecule has 1 aliphatic rings. The normalized spacial score (nSPS) is 14.1. The van der Waals surface area contributed by atoms with Crippen LogP contribution in [0.2, 0.25) is 0 Å². The number of aromatic nitrogens is 2. The third-order valence-electron chi connectivity index (χ3n) is 3.25. The number of carbonyl (C=O) groups is 1. The number of rotatable bonds is 6. The second-order valence-corrected chi connectivity index (χ2v) is 6.85. The maximum Gasteiger partial charge on any atom is 0.223 e. The molecule has 1 aliphatic carbocycles. The van der Waals surface area contributed by atoms with Crippen LogP contribution in [-0.2, 0) is 4.79 Å². The van der Waals surface area contributed by atoms with E-state index < -0.39 is 0 Å². The molecule has 2 aromatic rings. The minimum absolute atomic E-state index is 0.163. The molecule has 0 bridgehead atoms. The smallest absolute Gasteiger partial charge is 0.223 e. The molecule has 0 spiro atoms. The van der Waals surface area contributed by atoms with Crippen molar-refractivity contribution >= 4 is 39.6 Å². The second-order valence-electron chi connectivity index (χ2n) is 5.02. The number of hydrogen-bond acceptors (Lipinski definition) is 7. The van der Waals surface area contributed by atoms with Crippen LogP contribution in [0.3, 0.4) is 0 Å². The number of nitrogens with two attached hydrogens (primary N) is 1. The van der Waals surface area contributed by atoms with Crippen molar-refractivity contribution < 1.29 is 4.79 Å². The van der Waals surface area contributed by atoms with E-state index in [1.54, 1.807) is 11.3 Å². The predicted octanol–water partition coefficient (Wildman–Crippen LogP) is 2.10. The molecule has 1 amide bonds. The zero-order valence-corrected chi connectivity index (χ0v) is 13.3. The van der Waals surface area contributed by atoms with Gasteiger partial charge in [0.15, 0.2) is 0 Å². The Labute approximate surface area is 130 Å². The molecule has 0 atom stereocenters. The van der Waals surface area contributed by atoms with Gasteiger partial charge >= 0.3 is 0 Å². The molecule has 2 heterocycles. The summed E-state index contributed by atoms with van der Waals surface area (Å²) in [6, 6.07) is 0. The molecule has 21 heavy (non-hydrogen) atoms. The van der Waals surface area contributed by atoms with E-state index in [0.29, 0.717) is 18.9 Å². The van der Waals surface area contributed by atoms with Crippen molar-refractivity contribution in [3.8, 4) is 11.3 Å². The monoisotopic (exact) mass is 323 g/mol. The van der Waals surface area contributed by atoms with E-state index in [1.807, 2.05) is 12.3 Å². The average molecular weight is 323 g/mol. The Hall–Kier alpha value is -1.67. The Morgan fingerprint density at radius 1 is 1.48 bits per heavy atom. The van der Waals surface area contributed by atoms with Crippen molar-refractivity contribution in [1.29, 1.82) is 0 Å². The zero-order valence-electron chi connectivity index (χ0n) is 11.7. The molecule has 3 rings (SSSR count). The Balaban J connectivity index is 1.59. The van der Waals surface area contributed by atoms with Crippen LogP contribution in [0.25, 0.3) is 11.3 Å². The lowest BCUT2D eigenvalue weighted by atomic mass is 10.2. The number of hydrogen-bond donors (Lipinski definition) is 3. The third kappa shape index (κ3) is 3.33. The Morgan fingerprint density at radius 3 is 2.95 bits per heavy atom. The van der Waals surface area contributed by atoms with Crippen molar-refractivity contribution in [2.24, 2.45) is 5.92 Å². The predicted molar refractivity (Wildman–Crippen MR) is 86.6 cm³/mol. The summed E-state index contributed by atoms with van der Waals surface area (Å²) in [6.45, 7) is 3.21. The van der Waals surface area contributed by atoms with Crippen LogP contribution in [0.15, 0.2) is 5.38 Å². The summed E-state index contributed by atoms with van der Waals surface area (Å²) in [5.41, 5.74) is 7.65. The zero-order chi connectivity index (χ0) is 14.8. The summed E-state index contributed by atoms with van der Waals surface area (Å²) < 4.78 is 4.19. The van der Waals surface area contributed by atoms with Crippen molar-refractivity contribution in [1.82, 2.24) is 14.7 Å². The van der Waals surface area contributed by atoms with Crippen molar-refractivity contribution in [3.63, 3.8) is 0 Å². The first-order valence-corrected chi connectivity index (χ1v) is 8.49. The quantitative estimate of drug-likeness (QED) is 0.708. The fourth-order valence-corrected chi connectivity index (χ4v) is 3.35. The number of carbonyl (C=O) groups excluding carboxylic acids is 1. The molecule has 1 saturated carbocycles. The van der Waals surface area contributed by atoms with Crippen molar-refractivity contribution in [2.45, 2.75) is 19.8 Å². The molecule has 4 N–H and O–H groups in total. The molecule has 0 aromatic carbocycles. The Kier molecular flexibility index (Phi) is 4.07. The van der Waals surface area contributed by atoms with Gasteiger partial charge in [-0.1, -0.05) is 0 Å². The molecule has 6 nitrogen and oxygen atoms in total. The summed E-state index contributed by atoms with van der Waals surface area (Å²) in [5.74, 6) is 0.906. The minimum atomic E-state index is 0.163. The van der Waals surface area contributed by atoms with E-state index in [9.17, 15) is 4.79 Å². The van der Waals surface area contributed by atoms with Gasteiger partial charge in [-0.3, -0.25) is 4.79 Å². The molecule has 8 heteroatoms. The van der Waals surface area contributed by atoms with Gasteiger partial charge in [0.1, 0.15) is 10.8 Å². The largest absolute Gasteiger partial charge is 0.382 e. The Bertz CT molecular complexity index is 647. The fraction of sp³-hybridized carbons (Fsp3) is 0.462. The molecule has 0 saturated heterocycles. The maximum absolute atomic E-state index is 11.5. The van der Waals surface area contributed by atoms with Gasteiger partial charge < -0.3 is 16.4 Å². The summed E-state index contributed by atoms with van der Waals surface area (Å²) in [4.78, 5) is 16.0. The van der Waals surface area contributed by atoms with Gasteiger partial charge in [-0.25, -0.2) is 4.98 Å². The first kappa shape index (κ1) is 14.3. The standard InChI is InChI=1S/C13H17N5OS2/c1-7-17-9(6-20-7)10-11(14)18-21-13(10)16-5-4-15-12(19)8-2-3-8/h6,8,16H,2-5H2,1H3,(H2,14,18)(H,15,19). The summed E-state index contributed by atoms with van der Waals surface area (Å²) in [7, 11) is 0. The van der Waals surface area contributed by atoms with Crippen LogP contribution in [0, 0.1) is 12.8 Å². The second kappa shape index (κ2) is 5.98. The van der Waals surface area contributed by atoms with Gasteiger partial charge in [-0.2, -0.15) is 4.37 Å². The van der Waals surface area contributed by atoms with Crippen LogP contribution < -0.4 is 16.4 Å². The summed E-state index contributed by atoms with van der Waals surface area (Å²) in [6.07, 6.45) is 2.05. The number of nitrogens with zero attached hydrogens (tertiary/aromatic N) is 2. The van der Waals surface area contributed by atoms with Gasteiger partial charge in [0.05, 0.1) is 16.3 Å². The minimum Gasteiger partial charge on any atom is -0.382 e. The molecule has 1 fully saturated rings. The van der Waals surface area contributed by atoms with E-state index in [4.69, 9.17) is 5.73 Å². The fourth-order valence-electron chi connectivity index (χ4n) is 2.00. The number of nitrogen functional groups attached to an aromatic ring is 1. The van der Waals surface area contributed by atoms with Gasteiger partial charge in [-0.05, 0) is 31.3 Å². The van der Waals surface area contributed by atoms with Gasteiger partial charge in [-0.15, -0.1) is 11.3 Å². The number of nitrogens with one attached hydrogen (secondary N) is 2. The number of aryl methyl sites for hydroxylation is 1. The highest BCUT2D eigenvalue weighted by molar-refractivity contribution is 7.11. The van der Waals surface area contributed by atoms with Crippen molar-refractivity contribution in [3.05, 3.63) is 10.4 Å². The highest BCUT2D eigenvalue weighted by Gasteiger charge is 2.29. The average Bonchev–Trinajstić information content (AvgIpc) is 3.14. The van der Waals surface area contributed by atoms with Crippen LogP contribution in [-0.4, -0.2) is 28.4 Å². The van der Waals surface area contributed by atoms with E-state index >= 15 is 0 Å². The van der Waals surface area contributed by atoms with E-state index in [0.717, 1.165) is 34.1 Å². The first-order valence-electron chi connectivity index (χ1n) is 6.84. The summed E-state index contributed by atoms with van der Waals surface area (Å²) in [5, 5.41) is 10.1. The number of anilines is 2. The molecular formula is C13H17N5OS2. The maximum atomic E-state index is 11.5. The topological polar surface area (TPSA) is 92.9 Å². The molecule has 0 radical (unpaired) electrons. The lowest BCUT2D eigenvalue weighted by molar-refractivity contribution is -0.122. The van der Waals surface area contributed by atoms with Crippen LogP contribution in [0.5, 0.6) is 0 Å². The lowest BCUT2D eigenvalue weighted by Crippen LogP contribution is -2.29. The highest BCUT2D eigenvalue weighted by Crippen LogP contribution is 2.36. The van der Waals surface area contributed by atoms with Gasteiger partial charge in [0.25, 0.3) is 0 Å². The van der Waals surface area contributed by atoms with E-state index in [-0.39, 0.29) is 11.8 Å². The van der Waals surface area contributed by atoms with Crippen LogP contribution in [0.1, 0.15) is 17.8 Å². The number of thiazole rings is 1. The van der Waals surface area contributed by atoms with Crippen molar-refractivity contribution in [2.75, 3.05) is 24.1 Å². The Morgan fingerprint density at radius 2 is 2.29 bits per heavy atom. The molecule has 0 unspecified atom stereocenters. The number of amides is 1. The molecule has 2 aromatic heterocycles. The molecular weight excluding hydrogens is 306 g/mol. The van der Waals surface area contributed by atoms with Crippen LogP contribution >= 0.6 is 22.9 Å². The molecule has 112 valence electrons. The van der Waals surface area contributed by atoms with Gasteiger partial charge in [0.2, 0.25) is 5.91 Å².